The Morgan fingerprint density at radius 3 is 2.58 bits per heavy atom. The summed E-state index contributed by atoms with van der Waals surface area (Å²) in [5, 5.41) is 15.7. The number of carbonyl (C=O) groups excluding carboxylic acids is 2. The van der Waals surface area contributed by atoms with Crippen LogP contribution in [-0.4, -0.2) is 59.0 Å². The largest absolute Gasteiger partial charge is 0.493 e. The maximum Gasteiger partial charge on any atom is 0.240 e. The van der Waals surface area contributed by atoms with Crippen LogP contribution >= 0.6 is 11.8 Å². The summed E-state index contributed by atoms with van der Waals surface area (Å²) in [4.78, 5) is 28.6. The first-order valence-electron chi connectivity index (χ1n) is 9.93. The number of aromatic nitrogens is 2. The van der Waals surface area contributed by atoms with Crippen molar-refractivity contribution in [2.24, 2.45) is 0 Å². The molecule has 170 valence electrons. The molecule has 3 N–H and O–H groups in total. The van der Waals surface area contributed by atoms with Crippen molar-refractivity contribution in [1.82, 2.24) is 20.2 Å². The Labute approximate surface area is 186 Å². The van der Waals surface area contributed by atoms with Gasteiger partial charge in [0.25, 0.3) is 0 Å². The standard InChI is InChI=1S/C21H30N4O5S/c1-14(2)24-19(27)11-25-16(12-26)10-23-21(25)31-13-20(28)22-8-7-15-5-6-17(29-3)18(9-15)30-4/h5-6,9-10,14,26H,7-8,11-13H2,1-4H3,(H,22,28)(H,24,27). The van der Waals surface area contributed by atoms with Crippen LogP contribution in [0.1, 0.15) is 25.1 Å². The maximum atomic E-state index is 12.2. The first-order chi connectivity index (χ1) is 14.9. The molecule has 1 aromatic carbocycles. The van der Waals surface area contributed by atoms with Gasteiger partial charge in [0.15, 0.2) is 16.7 Å². The zero-order chi connectivity index (χ0) is 22.8. The minimum absolute atomic E-state index is 0.0150. The number of carbonyl (C=O) groups is 2. The molecular formula is C21H30N4O5S. The molecule has 0 aliphatic heterocycles. The van der Waals surface area contributed by atoms with Crippen LogP contribution in [0.25, 0.3) is 0 Å². The summed E-state index contributed by atoms with van der Waals surface area (Å²) in [6.07, 6.45) is 2.16. The van der Waals surface area contributed by atoms with Crippen molar-refractivity contribution in [3.8, 4) is 11.5 Å². The summed E-state index contributed by atoms with van der Waals surface area (Å²) in [7, 11) is 3.17. The van der Waals surface area contributed by atoms with Crippen molar-refractivity contribution < 1.29 is 24.2 Å². The Morgan fingerprint density at radius 2 is 1.94 bits per heavy atom. The van der Waals surface area contributed by atoms with Crippen LogP contribution in [0.15, 0.2) is 29.6 Å². The Kier molecular flexibility index (Phi) is 9.67. The molecule has 1 heterocycles. The second-order valence-electron chi connectivity index (χ2n) is 7.08. The molecule has 0 unspecified atom stereocenters. The van der Waals surface area contributed by atoms with Gasteiger partial charge >= 0.3 is 0 Å². The molecule has 2 amide bonds. The Hall–Kier alpha value is -2.72. The molecule has 0 atom stereocenters. The highest BCUT2D eigenvalue weighted by molar-refractivity contribution is 7.99. The van der Waals surface area contributed by atoms with E-state index in [2.05, 4.69) is 15.6 Å². The number of hydrogen-bond acceptors (Lipinski definition) is 7. The van der Waals surface area contributed by atoms with Gasteiger partial charge in [0.2, 0.25) is 11.8 Å². The predicted octanol–water partition coefficient (Wildman–Crippen LogP) is 1.37. The molecule has 2 aromatic rings. The third-order valence-electron chi connectivity index (χ3n) is 4.33. The molecule has 1 aromatic heterocycles. The number of nitrogens with one attached hydrogen (secondary N) is 2. The van der Waals surface area contributed by atoms with E-state index < -0.39 is 0 Å². The fourth-order valence-electron chi connectivity index (χ4n) is 2.88. The van der Waals surface area contributed by atoms with Crippen molar-refractivity contribution in [3.05, 3.63) is 35.7 Å². The van der Waals surface area contributed by atoms with Crippen molar-refractivity contribution in [2.75, 3.05) is 26.5 Å². The van der Waals surface area contributed by atoms with Gasteiger partial charge in [-0.15, -0.1) is 0 Å². The summed E-state index contributed by atoms with van der Waals surface area (Å²) in [6, 6.07) is 5.66. The number of hydrogen-bond donors (Lipinski definition) is 3. The monoisotopic (exact) mass is 450 g/mol. The average Bonchev–Trinajstić information content (AvgIpc) is 3.12. The van der Waals surface area contributed by atoms with Gasteiger partial charge in [0, 0.05) is 12.6 Å². The van der Waals surface area contributed by atoms with E-state index in [4.69, 9.17) is 9.47 Å². The number of imidazole rings is 1. The van der Waals surface area contributed by atoms with E-state index in [1.54, 1.807) is 18.8 Å². The number of amides is 2. The van der Waals surface area contributed by atoms with Crippen molar-refractivity contribution in [2.45, 2.75) is 44.6 Å². The number of nitrogens with zero attached hydrogens (tertiary/aromatic N) is 2. The fourth-order valence-corrected chi connectivity index (χ4v) is 3.70. The van der Waals surface area contributed by atoms with E-state index in [0.29, 0.717) is 35.3 Å². The second kappa shape index (κ2) is 12.2. The van der Waals surface area contributed by atoms with Crippen molar-refractivity contribution in [3.63, 3.8) is 0 Å². The highest BCUT2D eigenvalue weighted by Crippen LogP contribution is 2.27. The van der Waals surface area contributed by atoms with E-state index in [1.165, 1.54) is 18.0 Å². The molecule has 9 nitrogen and oxygen atoms in total. The van der Waals surface area contributed by atoms with E-state index in [9.17, 15) is 14.7 Å². The first-order valence-corrected chi connectivity index (χ1v) is 10.9. The lowest BCUT2D eigenvalue weighted by Gasteiger charge is -2.13. The van der Waals surface area contributed by atoms with Gasteiger partial charge in [0.05, 0.1) is 38.5 Å². The Morgan fingerprint density at radius 1 is 1.19 bits per heavy atom. The van der Waals surface area contributed by atoms with Crippen LogP contribution in [0.5, 0.6) is 11.5 Å². The highest BCUT2D eigenvalue weighted by atomic mass is 32.2. The minimum atomic E-state index is -0.236. The number of ether oxygens (including phenoxy) is 2. The summed E-state index contributed by atoms with van der Waals surface area (Å²) >= 11 is 1.22. The van der Waals surface area contributed by atoms with Crippen LogP contribution in [0.4, 0.5) is 0 Å². The number of methoxy groups -OCH3 is 2. The molecule has 0 bridgehead atoms. The lowest BCUT2D eigenvalue weighted by Crippen LogP contribution is -2.33. The molecule has 0 aliphatic rings. The normalized spacial score (nSPS) is 10.8. The average molecular weight is 451 g/mol. The lowest BCUT2D eigenvalue weighted by molar-refractivity contribution is -0.122. The van der Waals surface area contributed by atoms with Crippen LogP contribution in [-0.2, 0) is 29.2 Å². The van der Waals surface area contributed by atoms with Gasteiger partial charge in [-0.1, -0.05) is 17.8 Å². The van der Waals surface area contributed by atoms with E-state index in [-0.39, 0.29) is 36.8 Å². The number of rotatable bonds is 12. The fraction of sp³-hybridized carbons (Fsp3) is 0.476. The number of benzene rings is 1. The number of thioether (sulfide) groups is 1. The molecular weight excluding hydrogens is 420 g/mol. The molecule has 0 aliphatic carbocycles. The van der Waals surface area contributed by atoms with Crippen LogP contribution in [0, 0.1) is 0 Å². The first kappa shape index (κ1) is 24.5. The molecule has 0 saturated carbocycles. The molecule has 0 spiro atoms. The van der Waals surface area contributed by atoms with Gasteiger partial charge in [-0.3, -0.25) is 9.59 Å². The van der Waals surface area contributed by atoms with Gasteiger partial charge in [-0.25, -0.2) is 4.98 Å². The third-order valence-corrected chi connectivity index (χ3v) is 5.32. The summed E-state index contributed by atoms with van der Waals surface area (Å²) in [5.74, 6) is 1.14. The molecule has 31 heavy (non-hydrogen) atoms. The van der Waals surface area contributed by atoms with Crippen LogP contribution in [0.3, 0.4) is 0 Å². The molecule has 2 rings (SSSR count). The van der Waals surface area contributed by atoms with Gasteiger partial charge in [-0.05, 0) is 38.0 Å². The Bertz CT molecular complexity index is 885. The minimum Gasteiger partial charge on any atom is -0.493 e. The lowest BCUT2D eigenvalue weighted by atomic mass is 10.1. The molecule has 0 saturated heterocycles. The summed E-state index contributed by atoms with van der Waals surface area (Å²) in [6.45, 7) is 4.03. The maximum absolute atomic E-state index is 12.2. The van der Waals surface area contributed by atoms with Crippen LogP contribution < -0.4 is 20.1 Å². The number of aliphatic hydroxyl groups excluding tert-OH is 1. The molecule has 0 fully saturated rings. The van der Waals surface area contributed by atoms with E-state index in [1.807, 2.05) is 32.0 Å². The Balaban J connectivity index is 1.86. The zero-order valence-corrected chi connectivity index (χ0v) is 19.1. The smallest absolute Gasteiger partial charge is 0.240 e. The van der Waals surface area contributed by atoms with Gasteiger partial charge < -0.3 is 29.8 Å². The van der Waals surface area contributed by atoms with E-state index >= 15 is 0 Å². The highest BCUT2D eigenvalue weighted by Gasteiger charge is 2.15. The molecule has 10 heteroatoms. The van der Waals surface area contributed by atoms with Crippen molar-refractivity contribution in [1.29, 1.82) is 0 Å². The van der Waals surface area contributed by atoms with Crippen molar-refractivity contribution >= 4 is 23.6 Å². The van der Waals surface area contributed by atoms with E-state index in [0.717, 1.165) is 5.56 Å². The topological polar surface area (TPSA) is 115 Å². The van der Waals surface area contributed by atoms with Crippen LogP contribution in [0.2, 0.25) is 0 Å². The van der Waals surface area contributed by atoms with Gasteiger partial charge in [-0.2, -0.15) is 0 Å². The third kappa shape index (κ3) is 7.48. The predicted molar refractivity (Wildman–Crippen MR) is 118 cm³/mol. The number of aliphatic hydroxyl groups is 1. The summed E-state index contributed by atoms with van der Waals surface area (Å²) < 4.78 is 12.1. The summed E-state index contributed by atoms with van der Waals surface area (Å²) in [5.41, 5.74) is 1.54. The SMILES string of the molecule is COc1ccc(CCNC(=O)CSc2ncc(CO)n2CC(=O)NC(C)C)cc1OC. The molecule has 0 radical (unpaired) electrons. The van der Waals surface area contributed by atoms with Gasteiger partial charge in [0.1, 0.15) is 6.54 Å². The zero-order valence-electron chi connectivity index (χ0n) is 18.3. The quantitative estimate of drug-likeness (QED) is 0.418. The second-order valence-corrected chi connectivity index (χ2v) is 8.02.